The second kappa shape index (κ2) is 27.0. The average molecular weight is 1150 g/mol. The van der Waals surface area contributed by atoms with Gasteiger partial charge in [-0.15, -0.1) is 44.0 Å². The van der Waals surface area contributed by atoms with Crippen molar-refractivity contribution in [3.05, 3.63) is 200 Å². The van der Waals surface area contributed by atoms with Crippen molar-refractivity contribution in [2.45, 2.75) is 15.1 Å². The van der Waals surface area contributed by atoms with Gasteiger partial charge in [-0.1, -0.05) is 156 Å². The van der Waals surface area contributed by atoms with Gasteiger partial charge < -0.3 is 9.47 Å². The molecule has 0 bridgehead atoms. The van der Waals surface area contributed by atoms with E-state index in [4.69, 9.17) is 46.7 Å². The number of halogens is 2. The predicted molar refractivity (Wildman–Crippen MR) is 276 cm³/mol. The van der Waals surface area contributed by atoms with Crippen molar-refractivity contribution in [1.29, 1.82) is 0 Å². The highest BCUT2D eigenvalue weighted by molar-refractivity contribution is 8.40. The molecule has 6 aromatic rings. The first-order valence-electron chi connectivity index (χ1n) is 20.9. The zero-order valence-corrected chi connectivity index (χ0v) is 45.8. The maximum Gasteiger partial charge on any atom is 0.346 e. The van der Waals surface area contributed by atoms with Gasteiger partial charge in [0.2, 0.25) is 0 Å². The molecule has 0 saturated heterocycles. The van der Waals surface area contributed by atoms with Crippen molar-refractivity contribution in [2.24, 2.45) is 0 Å². The molecule has 0 N–H and O–H groups in total. The number of carbonyl (C=O) groups is 2. The Hall–Kier alpha value is -3.04. The van der Waals surface area contributed by atoms with Gasteiger partial charge in [-0.2, -0.15) is 0 Å². The lowest BCUT2D eigenvalue weighted by molar-refractivity contribution is -2.00. The van der Waals surface area contributed by atoms with Crippen molar-refractivity contribution in [3.8, 4) is 0 Å². The van der Waals surface area contributed by atoms with Crippen molar-refractivity contribution in [1.82, 2.24) is 0 Å². The zero-order valence-electron chi connectivity index (χ0n) is 37.6. The number of esters is 2. The molecule has 0 aromatic heterocycles. The minimum Gasteiger partial charge on any atom is -0.465 e. The highest BCUT2D eigenvalue weighted by Gasteiger charge is 2.58. The maximum absolute atomic E-state index is 13.5. The average Bonchev–Trinajstić information content (AvgIpc) is 4.00. The van der Waals surface area contributed by atoms with Crippen LogP contribution in [-0.2, 0) is 19.1 Å². The third-order valence-corrected chi connectivity index (χ3v) is 31.1. The Morgan fingerprint density at radius 1 is 0.423 bits per heavy atom. The summed E-state index contributed by atoms with van der Waals surface area (Å²) in [7, 11) is -11.5. The van der Waals surface area contributed by atoms with Gasteiger partial charge in [0.15, 0.2) is 8.65 Å². The summed E-state index contributed by atoms with van der Waals surface area (Å²) in [5, 5.41) is 7.68. The Bertz CT molecular complexity index is 2320. The number of carbonyl (C=O) groups excluding carboxylic acids is 2. The molecule has 2 heterocycles. The number of methoxy groups -OCH3 is 2. The van der Waals surface area contributed by atoms with Gasteiger partial charge in [0.25, 0.3) is 0 Å². The fraction of sp³-hybridized carbons (Fsp3) is 0.143. The summed E-state index contributed by atoms with van der Waals surface area (Å²) >= 11 is 10.4. The van der Waals surface area contributed by atoms with E-state index < -0.39 is 35.0 Å². The lowest BCUT2D eigenvalue weighted by atomic mass is 10.4. The van der Waals surface area contributed by atoms with E-state index in [1.807, 2.05) is 23.5 Å². The topological polar surface area (TPSA) is 237 Å². The highest BCUT2D eigenvalue weighted by Crippen LogP contribution is 2.74. The van der Waals surface area contributed by atoms with Crippen LogP contribution in [0.15, 0.2) is 200 Å². The van der Waals surface area contributed by atoms with Crippen molar-refractivity contribution in [2.75, 3.05) is 25.7 Å². The Morgan fingerprint density at radius 2 is 0.634 bits per heavy atom. The lowest BCUT2D eigenvalue weighted by Gasteiger charge is -2.31. The number of thioether (sulfide) groups is 6. The molecule has 0 spiro atoms. The van der Waals surface area contributed by atoms with Crippen LogP contribution in [0.4, 0.5) is 0 Å². The molecule has 2 atom stereocenters. The molecule has 71 heavy (non-hydrogen) atoms. The quantitative estimate of drug-likeness (QED) is 0.0759. The molecule has 2 aliphatic rings. The summed E-state index contributed by atoms with van der Waals surface area (Å²) in [6.07, 6.45) is 0.879. The Labute approximate surface area is 443 Å². The summed E-state index contributed by atoms with van der Waals surface area (Å²) in [6, 6.07) is 64.9. The van der Waals surface area contributed by atoms with Gasteiger partial charge in [-0.05, 0) is 90.7 Å². The molecule has 0 saturated carbocycles. The van der Waals surface area contributed by atoms with Crippen LogP contribution >= 0.6 is 85.1 Å². The Balaban J connectivity index is 0.000000751. The van der Waals surface area contributed by atoms with E-state index in [1.54, 1.807) is 47.0 Å². The van der Waals surface area contributed by atoms with Crippen LogP contribution < -0.4 is 69.1 Å². The number of rotatable bonds is 16. The molecule has 2 aliphatic heterocycles. The Kier molecular flexibility index (Phi) is 21.7. The van der Waals surface area contributed by atoms with Gasteiger partial charge in [0, 0.05) is 0 Å². The molecule has 12 nitrogen and oxygen atoms in total. The van der Waals surface area contributed by atoms with E-state index in [-0.39, 0.29) is 20.6 Å². The van der Waals surface area contributed by atoms with E-state index >= 15 is 0 Å². The standard InChI is InChI=1S/C49H44O4P2S6.2ClHO4/c1-52-44(50)42-46(60-48(58-42)54(36-22-9-3-10-23-36,37-24-11-4-12-25-37)38-26-13-5-14-27-38)56-34-21-35-57-47-43(45(51)53-2)59-49(61-47)55(39-28-15-6-16-29-39,40-30-17-7-18-31-40)41-32-19-8-20-33-41;2*2-1(3,4)5/h3-20,22-33,48-49H,21,34-35H2,1-2H3;2*(H,2,3,4,5)/q+2;;/p-2. The molecule has 6 aromatic carbocycles. The van der Waals surface area contributed by atoms with Crippen LogP contribution in [0, 0.1) is 20.5 Å². The smallest absolute Gasteiger partial charge is 0.346 e. The van der Waals surface area contributed by atoms with Crippen LogP contribution in [-0.4, -0.2) is 46.3 Å². The monoisotopic (exact) mass is 1150 g/mol. The molecule has 22 heteroatoms. The van der Waals surface area contributed by atoms with Crippen molar-refractivity contribution >= 4 is 129 Å². The molecular formula is C49H44Cl2O12P2S6. The number of benzene rings is 6. The first-order valence-corrected chi connectivity index (χ1v) is 32.6. The third-order valence-electron chi connectivity index (χ3n) is 10.3. The van der Waals surface area contributed by atoms with Gasteiger partial charge in [0.05, 0.1) is 22.7 Å². The molecule has 372 valence electrons. The fourth-order valence-electron chi connectivity index (χ4n) is 7.59. The number of hydrogen-bond acceptors (Lipinski definition) is 18. The summed E-state index contributed by atoms with van der Waals surface area (Å²) < 4.78 is 80.9. The van der Waals surface area contributed by atoms with E-state index in [2.05, 4.69) is 182 Å². The lowest BCUT2D eigenvalue weighted by Crippen LogP contribution is -2.68. The SMILES string of the molecule is COC(=O)C1=C(SCCCSC2=C(C(=O)OC)SC([P+](c3ccccc3)(c3ccccc3)c3ccccc3)S2)SC([P+](c2ccccc2)(c2ccccc2)c2ccccc2)S1.[O-][Cl+3]([O-])([O-])[O-].[O-][Cl+3]([O-])([O-])[O-]. The Morgan fingerprint density at radius 3 is 0.831 bits per heavy atom. The van der Waals surface area contributed by atoms with E-state index in [0.29, 0.717) is 9.81 Å². The summed E-state index contributed by atoms with van der Waals surface area (Å²) in [5.41, 5.74) is 0. The molecule has 0 fully saturated rings. The maximum atomic E-state index is 13.5. The fourth-order valence-corrected chi connectivity index (χ4v) is 31.3. The first kappa shape index (κ1) is 57.2. The van der Waals surface area contributed by atoms with Crippen molar-refractivity contribution < 1.29 is 76.8 Å². The molecule has 0 amide bonds. The molecule has 0 aliphatic carbocycles. The van der Waals surface area contributed by atoms with E-state index in [0.717, 1.165) is 26.4 Å². The van der Waals surface area contributed by atoms with E-state index in [1.165, 1.54) is 46.0 Å². The molecule has 2 unspecified atom stereocenters. The minimum atomic E-state index is -4.94. The second-order valence-electron chi connectivity index (χ2n) is 14.6. The van der Waals surface area contributed by atoms with Crippen LogP contribution in [0.25, 0.3) is 0 Å². The number of hydrogen-bond donors (Lipinski definition) is 0. The van der Waals surface area contributed by atoms with Gasteiger partial charge in [-0.25, -0.2) is 46.9 Å². The van der Waals surface area contributed by atoms with Crippen LogP contribution in [0.3, 0.4) is 0 Å². The van der Waals surface area contributed by atoms with Crippen LogP contribution in [0.2, 0.25) is 0 Å². The minimum absolute atomic E-state index is 0.0322. The zero-order chi connectivity index (χ0) is 51.1. The van der Waals surface area contributed by atoms with Gasteiger partial charge in [0.1, 0.15) is 56.2 Å². The summed E-state index contributed by atoms with van der Waals surface area (Å²) in [6.45, 7) is 0. The molecule has 0 radical (unpaired) electrons. The van der Waals surface area contributed by atoms with E-state index in [9.17, 15) is 9.59 Å². The van der Waals surface area contributed by atoms with Gasteiger partial charge >= 0.3 is 11.9 Å². The molecule has 8 rings (SSSR count). The highest BCUT2D eigenvalue weighted by atomic mass is 35.7. The van der Waals surface area contributed by atoms with Gasteiger partial charge in [-0.3, -0.25) is 0 Å². The van der Waals surface area contributed by atoms with Crippen molar-refractivity contribution in [3.63, 3.8) is 0 Å². The summed E-state index contributed by atoms with van der Waals surface area (Å²) in [4.78, 5) is 28.5. The second-order valence-corrected chi connectivity index (χ2v) is 32.3. The van der Waals surface area contributed by atoms with Crippen LogP contribution in [0.1, 0.15) is 6.42 Å². The van der Waals surface area contributed by atoms with Crippen LogP contribution in [0.5, 0.6) is 0 Å². The largest absolute Gasteiger partial charge is 0.465 e. The first-order chi connectivity index (χ1) is 34.0. The molecular weight excluding hydrogens is 1110 g/mol. The predicted octanol–water partition coefficient (Wildman–Crippen LogP) is 1.53. The normalized spacial score (nSPS) is 16.1. The third kappa shape index (κ3) is 15.1. The summed E-state index contributed by atoms with van der Waals surface area (Å²) in [5.74, 6) is 1.05. The number of ether oxygens (including phenoxy) is 2.